The summed E-state index contributed by atoms with van der Waals surface area (Å²) in [6.07, 6.45) is 3.40. The second-order valence-corrected chi connectivity index (χ2v) is 5.42. The molecule has 3 heteroatoms. The molecular weight excluding hydrogens is 238 g/mol. The molecule has 1 unspecified atom stereocenters. The van der Waals surface area contributed by atoms with Gasteiger partial charge in [-0.15, -0.1) is 0 Å². The van der Waals surface area contributed by atoms with E-state index in [4.69, 9.17) is 4.74 Å². The van der Waals surface area contributed by atoms with Gasteiger partial charge in [-0.25, -0.2) is 0 Å². The van der Waals surface area contributed by atoms with Gasteiger partial charge >= 0.3 is 0 Å². The second kappa shape index (κ2) is 7.51. The Morgan fingerprint density at radius 3 is 2.79 bits per heavy atom. The minimum Gasteiger partial charge on any atom is -0.494 e. The molecule has 2 rings (SSSR count). The average Bonchev–Trinajstić information content (AvgIpc) is 2.47. The molecule has 1 atom stereocenters. The highest BCUT2D eigenvalue weighted by molar-refractivity contribution is 5.27. The third-order valence-electron chi connectivity index (χ3n) is 3.66. The zero-order valence-electron chi connectivity index (χ0n) is 11.8. The van der Waals surface area contributed by atoms with Crippen LogP contribution in [0.5, 0.6) is 5.75 Å². The molecule has 0 radical (unpaired) electrons. The largest absolute Gasteiger partial charge is 0.494 e. The van der Waals surface area contributed by atoms with E-state index in [1.807, 2.05) is 0 Å². The molecule has 0 bridgehead atoms. The summed E-state index contributed by atoms with van der Waals surface area (Å²) in [4.78, 5) is 2.44. The van der Waals surface area contributed by atoms with Gasteiger partial charge in [0.25, 0.3) is 0 Å². The van der Waals surface area contributed by atoms with Gasteiger partial charge in [0.15, 0.2) is 0 Å². The van der Waals surface area contributed by atoms with Crippen molar-refractivity contribution in [2.24, 2.45) is 5.92 Å². The molecule has 3 nitrogen and oxygen atoms in total. The lowest BCUT2D eigenvalue weighted by atomic mass is 9.98. The van der Waals surface area contributed by atoms with Crippen LogP contribution >= 0.6 is 0 Å². The fourth-order valence-electron chi connectivity index (χ4n) is 2.61. The summed E-state index contributed by atoms with van der Waals surface area (Å²) >= 11 is 0. The van der Waals surface area contributed by atoms with Crippen molar-refractivity contribution < 1.29 is 9.84 Å². The summed E-state index contributed by atoms with van der Waals surface area (Å²) in [5.74, 6) is 1.42. The SMILES string of the molecule is CCCOc1ccc(CN2CCCC(CO)C2)cc1. The van der Waals surface area contributed by atoms with E-state index < -0.39 is 0 Å². The van der Waals surface area contributed by atoms with Gasteiger partial charge in [0, 0.05) is 19.7 Å². The number of ether oxygens (including phenoxy) is 1. The fourth-order valence-corrected chi connectivity index (χ4v) is 2.61. The van der Waals surface area contributed by atoms with E-state index in [0.29, 0.717) is 12.5 Å². The Kier molecular flexibility index (Phi) is 5.67. The lowest BCUT2D eigenvalue weighted by Gasteiger charge is -2.31. The van der Waals surface area contributed by atoms with Gasteiger partial charge in [0.1, 0.15) is 5.75 Å². The normalized spacial score (nSPS) is 20.4. The molecular formula is C16H25NO2. The standard InChI is InChI=1S/C16H25NO2/c1-2-10-19-16-7-5-14(6-8-16)11-17-9-3-4-15(12-17)13-18/h5-8,15,18H,2-4,9-13H2,1H3. The molecule has 0 amide bonds. The number of aliphatic hydroxyl groups excluding tert-OH is 1. The monoisotopic (exact) mass is 263 g/mol. The maximum Gasteiger partial charge on any atom is 0.119 e. The van der Waals surface area contributed by atoms with Crippen LogP contribution in [0.2, 0.25) is 0 Å². The summed E-state index contributed by atoms with van der Waals surface area (Å²) < 4.78 is 5.59. The summed E-state index contributed by atoms with van der Waals surface area (Å²) in [6, 6.07) is 8.40. The van der Waals surface area contributed by atoms with Crippen LogP contribution < -0.4 is 4.74 Å². The smallest absolute Gasteiger partial charge is 0.119 e. The van der Waals surface area contributed by atoms with Gasteiger partial charge in [0.05, 0.1) is 6.61 Å². The van der Waals surface area contributed by atoms with Crippen LogP contribution in [0.15, 0.2) is 24.3 Å². The number of benzene rings is 1. The predicted octanol–water partition coefficient (Wildman–Crippen LogP) is 2.68. The topological polar surface area (TPSA) is 32.7 Å². The Morgan fingerprint density at radius 1 is 1.32 bits per heavy atom. The van der Waals surface area contributed by atoms with Crippen molar-refractivity contribution in [2.75, 3.05) is 26.3 Å². The van der Waals surface area contributed by atoms with Crippen LogP contribution in [0.3, 0.4) is 0 Å². The minimum atomic E-state index is 0.320. The van der Waals surface area contributed by atoms with Gasteiger partial charge in [-0.2, -0.15) is 0 Å². The third-order valence-corrected chi connectivity index (χ3v) is 3.66. The minimum absolute atomic E-state index is 0.320. The van der Waals surface area contributed by atoms with Crippen LogP contribution in [0.4, 0.5) is 0 Å². The Labute approximate surface area is 116 Å². The molecule has 19 heavy (non-hydrogen) atoms. The first-order chi connectivity index (χ1) is 9.31. The molecule has 0 aliphatic carbocycles. The number of rotatable bonds is 6. The van der Waals surface area contributed by atoms with Gasteiger partial charge in [-0.05, 0) is 49.4 Å². The van der Waals surface area contributed by atoms with Crippen LogP contribution in [0.25, 0.3) is 0 Å². The Morgan fingerprint density at radius 2 is 2.11 bits per heavy atom. The summed E-state index contributed by atoms with van der Waals surface area (Å²) in [5.41, 5.74) is 1.32. The van der Waals surface area contributed by atoms with E-state index in [2.05, 4.69) is 36.1 Å². The Hall–Kier alpha value is -1.06. The van der Waals surface area contributed by atoms with Crippen molar-refractivity contribution in [3.05, 3.63) is 29.8 Å². The maximum absolute atomic E-state index is 9.25. The molecule has 1 aromatic carbocycles. The molecule has 1 heterocycles. The zero-order valence-corrected chi connectivity index (χ0v) is 11.8. The molecule has 1 saturated heterocycles. The quantitative estimate of drug-likeness (QED) is 0.856. The first-order valence-corrected chi connectivity index (χ1v) is 7.36. The summed E-state index contributed by atoms with van der Waals surface area (Å²) in [7, 11) is 0. The van der Waals surface area contributed by atoms with Crippen LogP contribution in [-0.4, -0.2) is 36.3 Å². The van der Waals surface area contributed by atoms with Gasteiger partial charge in [-0.3, -0.25) is 4.90 Å². The number of likely N-dealkylation sites (tertiary alicyclic amines) is 1. The maximum atomic E-state index is 9.25. The number of hydrogen-bond donors (Lipinski definition) is 1. The van der Waals surface area contributed by atoms with E-state index >= 15 is 0 Å². The third kappa shape index (κ3) is 4.51. The van der Waals surface area contributed by atoms with Crippen molar-refractivity contribution in [3.8, 4) is 5.75 Å². The molecule has 1 aromatic rings. The van der Waals surface area contributed by atoms with Crippen molar-refractivity contribution in [1.29, 1.82) is 0 Å². The van der Waals surface area contributed by atoms with Gasteiger partial charge < -0.3 is 9.84 Å². The number of piperidine rings is 1. The molecule has 0 aromatic heterocycles. The summed E-state index contributed by atoms with van der Waals surface area (Å²) in [5, 5.41) is 9.25. The van der Waals surface area contributed by atoms with Crippen LogP contribution in [-0.2, 0) is 6.54 Å². The predicted molar refractivity (Wildman–Crippen MR) is 77.3 cm³/mol. The highest BCUT2D eigenvalue weighted by atomic mass is 16.5. The molecule has 1 fully saturated rings. The van der Waals surface area contributed by atoms with E-state index in [0.717, 1.165) is 44.8 Å². The Balaban J connectivity index is 1.85. The Bertz CT molecular complexity index is 364. The highest BCUT2D eigenvalue weighted by Crippen LogP contribution is 2.19. The molecule has 1 aliphatic heterocycles. The number of hydrogen-bond acceptors (Lipinski definition) is 3. The first kappa shape index (κ1) is 14.4. The van der Waals surface area contributed by atoms with E-state index in [-0.39, 0.29) is 0 Å². The lowest BCUT2D eigenvalue weighted by molar-refractivity contribution is 0.116. The van der Waals surface area contributed by atoms with Crippen LogP contribution in [0, 0.1) is 5.92 Å². The van der Waals surface area contributed by atoms with Crippen molar-refractivity contribution in [2.45, 2.75) is 32.7 Å². The summed E-state index contributed by atoms with van der Waals surface area (Å²) in [6.45, 7) is 6.35. The van der Waals surface area contributed by atoms with Crippen LogP contribution in [0.1, 0.15) is 31.7 Å². The van der Waals surface area contributed by atoms with E-state index in [1.54, 1.807) is 0 Å². The first-order valence-electron chi connectivity index (χ1n) is 7.36. The van der Waals surface area contributed by atoms with Crippen molar-refractivity contribution in [1.82, 2.24) is 4.90 Å². The molecule has 106 valence electrons. The lowest BCUT2D eigenvalue weighted by Crippen LogP contribution is -2.36. The van der Waals surface area contributed by atoms with Gasteiger partial charge in [0.2, 0.25) is 0 Å². The number of nitrogens with zero attached hydrogens (tertiary/aromatic N) is 1. The van der Waals surface area contributed by atoms with Crippen molar-refractivity contribution in [3.63, 3.8) is 0 Å². The molecule has 1 aliphatic rings. The molecule has 0 saturated carbocycles. The zero-order chi connectivity index (χ0) is 13.5. The number of aliphatic hydroxyl groups is 1. The average molecular weight is 263 g/mol. The second-order valence-electron chi connectivity index (χ2n) is 5.42. The van der Waals surface area contributed by atoms with E-state index in [9.17, 15) is 5.11 Å². The van der Waals surface area contributed by atoms with Crippen molar-refractivity contribution >= 4 is 0 Å². The highest BCUT2D eigenvalue weighted by Gasteiger charge is 2.18. The molecule has 1 N–H and O–H groups in total. The molecule has 0 spiro atoms. The fraction of sp³-hybridized carbons (Fsp3) is 0.625. The van der Waals surface area contributed by atoms with E-state index in [1.165, 1.54) is 12.0 Å². The van der Waals surface area contributed by atoms with Gasteiger partial charge in [-0.1, -0.05) is 19.1 Å².